The molecule has 0 spiro atoms. The van der Waals surface area contributed by atoms with E-state index in [1.54, 1.807) is 0 Å². The Balaban J connectivity index is 2.22. The fraction of sp³-hybridized carbons (Fsp3) is 0.400. The van der Waals surface area contributed by atoms with Gasteiger partial charge in [-0.25, -0.2) is 0 Å². The summed E-state index contributed by atoms with van der Waals surface area (Å²) in [5.41, 5.74) is -1.02. The Hall–Kier alpha value is -2.02. The number of aromatic nitrogens is 1. The van der Waals surface area contributed by atoms with Crippen molar-refractivity contribution in [3.05, 3.63) is 22.1 Å². The Labute approximate surface area is 95.5 Å². The van der Waals surface area contributed by atoms with E-state index >= 15 is 0 Å². The highest BCUT2D eigenvalue weighted by Crippen LogP contribution is 2.27. The first-order valence-electron chi connectivity index (χ1n) is 5.17. The van der Waals surface area contributed by atoms with Gasteiger partial charge in [0.2, 0.25) is 0 Å². The highest BCUT2D eigenvalue weighted by molar-refractivity contribution is 5.96. The Bertz CT molecular complexity index is 565. The highest BCUT2D eigenvalue weighted by Gasteiger charge is 2.38. The Morgan fingerprint density at radius 3 is 2.88 bits per heavy atom. The van der Waals surface area contributed by atoms with Gasteiger partial charge in [0.1, 0.15) is 0 Å². The van der Waals surface area contributed by atoms with E-state index < -0.39 is 29.1 Å². The highest BCUT2D eigenvalue weighted by atomic mass is 16.5. The van der Waals surface area contributed by atoms with Crippen LogP contribution in [0.1, 0.15) is 10.5 Å². The lowest BCUT2D eigenvalue weighted by atomic mass is 10.2. The van der Waals surface area contributed by atoms with Crippen molar-refractivity contribution in [2.75, 3.05) is 13.2 Å². The summed E-state index contributed by atoms with van der Waals surface area (Å²) in [6.07, 6.45) is 0.755. The summed E-state index contributed by atoms with van der Waals surface area (Å²) < 4.78 is 6.69. The number of hydrogen-bond acceptors (Lipinski definition) is 5. The lowest BCUT2D eigenvalue weighted by molar-refractivity contribution is 0.00842. The van der Waals surface area contributed by atoms with E-state index in [2.05, 4.69) is 0 Å². The lowest BCUT2D eigenvalue weighted by Gasteiger charge is -2.31. The second-order valence-electron chi connectivity index (χ2n) is 4.02. The van der Waals surface area contributed by atoms with E-state index in [4.69, 9.17) is 4.74 Å². The predicted molar refractivity (Wildman–Crippen MR) is 54.8 cm³/mol. The van der Waals surface area contributed by atoms with Crippen molar-refractivity contribution in [2.24, 2.45) is 0 Å². The molecule has 0 saturated carbocycles. The van der Waals surface area contributed by atoms with Crippen molar-refractivity contribution in [2.45, 2.75) is 12.8 Å². The van der Waals surface area contributed by atoms with E-state index in [0.29, 0.717) is 19.7 Å². The van der Waals surface area contributed by atoms with Gasteiger partial charge < -0.3 is 24.4 Å². The fourth-order valence-corrected chi connectivity index (χ4v) is 2.21. The number of carbonyl (C=O) groups excluding carboxylic acids is 1. The molecule has 1 saturated heterocycles. The van der Waals surface area contributed by atoms with Crippen LogP contribution in [0.5, 0.6) is 11.5 Å². The zero-order valence-electron chi connectivity index (χ0n) is 8.79. The third-order valence-corrected chi connectivity index (χ3v) is 3.04. The molecule has 0 aromatic carbocycles. The number of pyridine rings is 1. The van der Waals surface area contributed by atoms with Gasteiger partial charge in [0.05, 0.1) is 19.3 Å². The van der Waals surface area contributed by atoms with Crippen LogP contribution in [-0.4, -0.2) is 45.0 Å². The molecule has 3 heterocycles. The molecular formula is C10H10N2O5. The van der Waals surface area contributed by atoms with Gasteiger partial charge in [-0.15, -0.1) is 0 Å². The third kappa shape index (κ3) is 1.26. The molecule has 0 bridgehead atoms. The quantitative estimate of drug-likeness (QED) is 0.609. The number of nitrogens with zero attached hydrogens (tertiary/aromatic N) is 2. The smallest absolute Gasteiger partial charge is 0.276 e. The molecular weight excluding hydrogens is 228 g/mol. The van der Waals surface area contributed by atoms with Crippen molar-refractivity contribution in [1.82, 2.24) is 9.47 Å². The number of amides is 1. The average molecular weight is 238 g/mol. The SMILES string of the molecule is O=C1c2c(O)c(=O)c(O)cn2CC2OCCN12. The maximum Gasteiger partial charge on any atom is 0.276 e. The molecule has 17 heavy (non-hydrogen) atoms. The Morgan fingerprint density at radius 2 is 2.12 bits per heavy atom. The summed E-state index contributed by atoms with van der Waals surface area (Å²) in [5, 5.41) is 19.0. The van der Waals surface area contributed by atoms with E-state index in [1.807, 2.05) is 0 Å². The molecule has 0 aliphatic carbocycles. The fourth-order valence-electron chi connectivity index (χ4n) is 2.21. The van der Waals surface area contributed by atoms with Crippen LogP contribution in [0.25, 0.3) is 0 Å². The summed E-state index contributed by atoms with van der Waals surface area (Å²) in [7, 11) is 0. The van der Waals surface area contributed by atoms with Crippen LogP contribution in [0, 0.1) is 0 Å². The largest absolute Gasteiger partial charge is 0.503 e. The maximum atomic E-state index is 12.0. The number of fused-ring (bicyclic) bond motifs is 2. The Kier molecular flexibility index (Phi) is 1.93. The summed E-state index contributed by atoms with van der Waals surface area (Å²) in [6.45, 7) is 1.17. The number of rotatable bonds is 0. The van der Waals surface area contributed by atoms with Gasteiger partial charge in [-0.2, -0.15) is 0 Å². The maximum absolute atomic E-state index is 12.0. The van der Waals surface area contributed by atoms with Gasteiger partial charge in [0, 0.05) is 6.54 Å². The van der Waals surface area contributed by atoms with Crippen LogP contribution in [0.15, 0.2) is 11.0 Å². The van der Waals surface area contributed by atoms with Crippen molar-refractivity contribution < 1.29 is 19.7 Å². The molecule has 7 heteroatoms. The first-order chi connectivity index (χ1) is 8.09. The zero-order chi connectivity index (χ0) is 12.2. The number of ether oxygens (including phenoxy) is 1. The number of carbonyl (C=O) groups is 1. The summed E-state index contributed by atoms with van der Waals surface area (Å²) in [6, 6.07) is 0. The Morgan fingerprint density at radius 1 is 1.35 bits per heavy atom. The molecule has 1 atom stereocenters. The predicted octanol–water partition coefficient (Wildman–Crippen LogP) is -0.928. The summed E-state index contributed by atoms with van der Waals surface area (Å²) in [4.78, 5) is 24.9. The number of aromatic hydroxyl groups is 2. The van der Waals surface area contributed by atoms with Crippen molar-refractivity contribution in [3.8, 4) is 11.5 Å². The third-order valence-electron chi connectivity index (χ3n) is 3.04. The molecule has 2 N–H and O–H groups in total. The standard InChI is InChI=1S/C10H10N2O5/c13-5-3-11-4-6-12(1-2-17-6)10(16)7(11)9(15)8(5)14/h3,6,13,15H,1-2,4H2. The van der Waals surface area contributed by atoms with Crippen LogP contribution in [0.3, 0.4) is 0 Å². The zero-order valence-corrected chi connectivity index (χ0v) is 8.79. The van der Waals surface area contributed by atoms with Crippen LogP contribution < -0.4 is 5.43 Å². The van der Waals surface area contributed by atoms with Crippen molar-refractivity contribution in [3.63, 3.8) is 0 Å². The van der Waals surface area contributed by atoms with Gasteiger partial charge in [-0.1, -0.05) is 0 Å². The van der Waals surface area contributed by atoms with E-state index in [9.17, 15) is 19.8 Å². The lowest BCUT2D eigenvalue weighted by Crippen LogP contribution is -2.45. The van der Waals surface area contributed by atoms with Gasteiger partial charge in [0.25, 0.3) is 11.3 Å². The molecule has 7 nitrogen and oxygen atoms in total. The molecule has 1 unspecified atom stereocenters. The number of hydrogen-bond donors (Lipinski definition) is 2. The molecule has 1 aromatic rings. The molecule has 2 aliphatic rings. The average Bonchev–Trinajstić information content (AvgIpc) is 2.74. The minimum absolute atomic E-state index is 0.0884. The molecule has 2 aliphatic heterocycles. The molecule has 1 amide bonds. The minimum Gasteiger partial charge on any atom is -0.503 e. The second kappa shape index (κ2) is 3.24. The van der Waals surface area contributed by atoms with Crippen molar-refractivity contribution >= 4 is 5.91 Å². The van der Waals surface area contributed by atoms with E-state index in [-0.39, 0.29) is 5.69 Å². The summed E-state index contributed by atoms with van der Waals surface area (Å²) in [5.74, 6) is -1.74. The molecule has 0 radical (unpaired) electrons. The van der Waals surface area contributed by atoms with Gasteiger partial charge >= 0.3 is 0 Å². The topological polar surface area (TPSA) is 92.0 Å². The van der Waals surface area contributed by atoms with Crippen LogP contribution in [-0.2, 0) is 11.3 Å². The van der Waals surface area contributed by atoms with Gasteiger partial charge in [0.15, 0.2) is 23.4 Å². The van der Waals surface area contributed by atoms with Crippen molar-refractivity contribution in [1.29, 1.82) is 0 Å². The van der Waals surface area contributed by atoms with Gasteiger partial charge in [-0.3, -0.25) is 9.59 Å². The van der Waals surface area contributed by atoms with Crippen LogP contribution >= 0.6 is 0 Å². The van der Waals surface area contributed by atoms with Crippen LogP contribution in [0.4, 0.5) is 0 Å². The molecule has 90 valence electrons. The molecule has 1 fully saturated rings. The van der Waals surface area contributed by atoms with E-state index in [1.165, 1.54) is 9.47 Å². The van der Waals surface area contributed by atoms with Crippen LogP contribution in [0.2, 0.25) is 0 Å². The monoisotopic (exact) mass is 238 g/mol. The first kappa shape index (κ1) is 10.2. The first-order valence-corrected chi connectivity index (χ1v) is 5.17. The minimum atomic E-state index is -0.928. The second-order valence-corrected chi connectivity index (χ2v) is 4.02. The van der Waals surface area contributed by atoms with E-state index in [0.717, 1.165) is 6.20 Å². The normalized spacial score (nSPS) is 22.5. The molecule has 3 rings (SSSR count). The summed E-state index contributed by atoms with van der Waals surface area (Å²) >= 11 is 0. The van der Waals surface area contributed by atoms with Gasteiger partial charge in [-0.05, 0) is 0 Å². The molecule has 1 aromatic heterocycles.